The fraction of sp³-hybridized carbons (Fsp3) is 0. The van der Waals surface area contributed by atoms with Crippen LogP contribution in [0.15, 0.2) is 40.8 Å². The highest BCUT2D eigenvalue weighted by molar-refractivity contribution is 7.99. The van der Waals surface area contributed by atoms with Crippen LogP contribution >= 0.6 is 11.8 Å². The number of hydrogen-bond acceptors (Lipinski definition) is 7. The van der Waals surface area contributed by atoms with E-state index in [1.54, 1.807) is 0 Å². The van der Waals surface area contributed by atoms with E-state index < -0.39 is 4.92 Å². The first-order valence-electron chi connectivity index (χ1n) is 4.52. The molecule has 0 aliphatic heterocycles. The zero-order chi connectivity index (χ0) is 12.3. The molecule has 0 fully saturated rings. The van der Waals surface area contributed by atoms with Gasteiger partial charge < -0.3 is 5.73 Å². The van der Waals surface area contributed by atoms with Crippen molar-refractivity contribution in [2.75, 3.05) is 5.73 Å². The molecule has 86 valence electrons. The predicted molar refractivity (Wildman–Crippen MR) is 61.5 cm³/mol. The molecule has 0 amide bonds. The number of rotatable bonds is 3. The third kappa shape index (κ3) is 2.48. The molecule has 0 bridgehead atoms. The van der Waals surface area contributed by atoms with Gasteiger partial charge in [-0.15, -0.1) is 0 Å². The smallest absolute Gasteiger partial charge is 0.301 e. The third-order valence-corrected chi connectivity index (χ3v) is 2.85. The van der Waals surface area contributed by atoms with E-state index in [0.29, 0.717) is 5.03 Å². The van der Waals surface area contributed by atoms with Gasteiger partial charge in [-0.25, -0.2) is 15.0 Å². The van der Waals surface area contributed by atoms with E-state index in [1.165, 1.54) is 30.7 Å². The molecule has 0 saturated carbocycles. The Labute approximate surface area is 100 Å². The standard InChI is InChI=1S/C9H7N5O2S/c10-7-9(13-5-4-11-7)17-8-6(14(15)16)2-1-3-12-8/h1-5H,(H2,10,11). The van der Waals surface area contributed by atoms with Gasteiger partial charge in [0.05, 0.1) is 4.92 Å². The Hall–Kier alpha value is -2.22. The van der Waals surface area contributed by atoms with E-state index in [9.17, 15) is 10.1 Å². The first kappa shape index (κ1) is 11.3. The van der Waals surface area contributed by atoms with Crippen molar-refractivity contribution in [2.45, 2.75) is 10.1 Å². The van der Waals surface area contributed by atoms with Crippen LogP contribution < -0.4 is 5.73 Å². The summed E-state index contributed by atoms with van der Waals surface area (Å²) in [6.45, 7) is 0. The van der Waals surface area contributed by atoms with E-state index in [1.807, 2.05) is 0 Å². The van der Waals surface area contributed by atoms with Gasteiger partial charge in [0.15, 0.2) is 10.8 Å². The summed E-state index contributed by atoms with van der Waals surface area (Å²) in [6, 6.07) is 2.88. The van der Waals surface area contributed by atoms with Gasteiger partial charge in [-0.2, -0.15) is 0 Å². The van der Waals surface area contributed by atoms with Crippen molar-refractivity contribution >= 4 is 23.3 Å². The van der Waals surface area contributed by atoms with Crippen LogP contribution in [0.2, 0.25) is 0 Å². The molecule has 2 aromatic heterocycles. The van der Waals surface area contributed by atoms with Crippen molar-refractivity contribution in [3.8, 4) is 0 Å². The zero-order valence-corrected chi connectivity index (χ0v) is 9.29. The van der Waals surface area contributed by atoms with Crippen LogP contribution in [-0.2, 0) is 0 Å². The van der Waals surface area contributed by atoms with Crippen molar-refractivity contribution < 1.29 is 4.92 Å². The fourth-order valence-corrected chi connectivity index (χ4v) is 1.92. The van der Waals surface area contributed by atoms with Crippen LogP contribution in [0.4, 0.5) is 11.5 Å². The molecule has 0 unspecified atom stereocenters. The van der Waals surface area contributed by atoms with Gasteiger partial charge in [0.2, 0.25) is 0 Å². The summed E-state index contributed by atoms with van der Waals surface area (Å²) >= 11 is 1.02. The van der Waals surface area contributed by atoms with Crippen LogP contribution in [0.25, 0.3) is 0 Å². The van der Waals surface area contributed by atoms with Crippen LogP contribution in [0.5, 0.6) is 0 Å². The fourth-order valence-electron chi connectivity index (χ4n) is 1.11. The van der Waals surface area contributed by atoms with Gasteiger partial charge in [0.1, 0.15) is 5.03 Å². The summed E-state index contributed by atoms with van der Waals surface area (Å²) in [5.41, 5.74) is 5.52. The molecule has 2 rings (SSSR count). The molecule has 2 N–H and O–H groups in total. The Morgan fingerprint density at radius 3 is 2.59 bits per heavy atom. The maximum absolute atomic E-state index is 10.8. The van der Waals surface area contributed by atoms with Gasteiger partial charge in [-0.05, 0) is 17.8 Å². The molecule has 0 aliphatic carbocycles. The van der Waals surface area contributed by atoms with Crippen molar-refractivity contribution in [1.82, 2.24) is 15.0 Å². The summed E-state index contributed by atoms with van der Waals surface area (Å²) < 4.78 is 0. The number of nitrogen functional groups attached to an aromatic ring is 1. The number of aromatic nitrogens is 3. The Morgan fingerprint density at radius 1 is 1.18 bits per heavy atom. The first-order valence-corrected chi connectivity index (χ1v) is 5.34. The van der Waals surface area contributed by atoms with Gasteiger partial charge >= 0.3 is 5.69 Å². The van der Waals surface area contributed by atoms with Crippen LogP contribution in [0, 0.1) is 10.1 Å². The highest BCUT2D eigenvalue weighted by Crippen LogP contribution is 2.33. The van der Waals surface area contributed by atoms with Crippen LogP contribution in [-0.4, -0.2) is 19.9 Å². The Bertz CT molecular complexity index is 563. The Balaban J connectivity index is 2.37. The highest BCUT2D eigenvalue weighted by Gasteiger charge is 2.17. The van der Waals surface area contributed by atoms with Crippen molar-refractivity contribution in [1.29, 1.82) is 0 Å². The Kier molecular flexibility index (Phi) is 3.15. The molecular formula is C9H7N5O2S. The van der Waals surface area contributed by atoms with E-state index in [4.69, 9.17) is 5.73 Å². The molecule has 8 heteroatoms. The number of hydrogen-bond donors (Lipinski definition) is 1. The molecule has 17 heavy (non-hydrogen) atoms. The summed E-state index contributed by atoms with van der Waals surface area (Å²) in [6.07, 6.45) is 4.39. The lowest BCUT2D eigenvalue weighted by Gasteiger charge is -2.02. The average molecular weight is 249 g/mol. The largest absolute Gasteiger partial charge is 0.381 e. The Morgan fingerprint density at radius 2 is 1.88 bits per heavy atom. The second-order valence-electron chi connectivity index (χ2n) is 2.93. The lowest BCUT2D eigenvalue weighted by Crippen LogP contribution is -1.97. The summed E-state index contributed by atoms with van der Waals surface area (Å²) in [5, 5.41) is 11.4. The minimum atomic E-state index is -0.498. The zero-order valence-electron chi connectivity index (χ0n) is 8.48. The molecule has 0 spiro atoms. The first-order chi connectivity index (χ1) is 8.18. The number of pyridine rings is 1. The minimum Gasteiger partial charge on any atom is -0.381 e. The third-order valence-electron chi connectivity index (χ3n) is 1.83. The summed E-state index contributed by atoms with van der Waals surface area (Å²) in [5.74, 6) is 0.220. The van der Waals surface area contributed by atoms with E-state index in [0.717, 1.165) is 11.8 Å². The van der Waals surface area contributed by atoms with Gasteiger partial charge in [-0.1, -0.05) is 0 Å². The monoisotopic (exact) mass is 249 g/mol. The molecule has 0 saturated heterocycles. The molecule has 0 aromatic carbocycles. The normalized spacial score (nSPS) is 10.1. The van der Waals surface area contributed by atoms with E-state index >= 15 is 0 Å². The predicted octanol–water partition coefficient (Wildman–Crippen LogP) is 1.51. The van der Waals surface area contributed by atoms with E-state index in [-0.39, 0.29) is 16.5 Å². The lowest BCUT2D eigenvalue weighted by atomic mass is 10.4. The topological polar surface area (TPSA) is 108 Å². The molecule has 0 atom stereocenters. The minimum absolute atomic E-state index is 0.0810. The second kappa shape index (κ2) is 4.74. The molecule has 2 aromatic rings. The lowest BCUT2D eigenvalue weighted by molar-refractivity contribution is -0.388. The average Bonchev–Trinajstić information content (AvgIpc) is 2.32. The maximum atomic E-state index is 10.8. The maximum Gasteiger partial charge on any atom is 0.301 e. The molecule has 0 radical (unpaired) electrons. The molecular weight excluding hydrogens is 242 g/mol. The van der Waals surface area contributed by atoms with E-state index in [2.05, 4.69) is 15.0 Å². The van der Waals surface area contributed by atoms with Crippen molar-refractivity contribution in [2.24, 2.45) is 0 Å². The SMILES string of the molecule is Nc1nccnc1Sc1ncccc1[N+](=O)[O-]. The van der Waals surface area contributed by atoms with Crippen LogP contribution in [0.3, 0.4) is 0 Å². The number of nitrogens with two attached hydrogens (primary N) is 1. The quantitative estimate of drug-likeness (QED) is 0.648. The molecule has 7 nitrogen and oxygen atoms in total. The van der Waals surface area contributed by atoms with Gasteiger partial charge in [0, 0.05) is 24.7 Å². The number of anilines is 1. The van der Waals surface area contributed by atoms with Gasteiger partial charge in [0.25, 0.3) is 0 Å². The van der Waals surface area contributed by atoms with Gasteiger partial charge in [-0.3, -0.25) is 10.1 Å². The van der Waals surface area contributed by atoms with Crippen LogP contribution in [0.1, 0.15) is 0 Å². The molecule has 2 heterocycles. The van der Waals surface area contributed by atoms with Crippen molar-refractivity contribution in [3.05, 3.63) is 40.8 Å². The summed E-state index contributed by atoms with van der Waals surface area (Å²) in [4.78, 5) is 22.1. The second-order valence-corrected chi connectivity index (χ2v) is 3.91. The van der Waals surface area contributed by atoms with Crippen molar-refractivity contribution in [3.63, 3.8) is 0 Å². The number of nitrogens with zero attached hydrogens (tertiary/aromatic N) is 4. The number of nitro groups is 1. The molecule has 0 aliphatic rings. The summed E-state index contributed by atoms with van der Waals surface area (Å²) in [7, 11) is 0. The highest BCUT2D eigenvalue weighted by atomic mass is 32.2.